The molecular weight excluding hydrogens is 414 g/mol. The van der Waals surface area contributed by atoms with Gasteiger partial charge in [0.2, 0.25) is 10.0 Å². The maximum Gasteiger partial charge on any atom is 0.272 e. The van der Waals surface area contributed by atoms with Gasteiger partial charge in [0.25, 0.3) is 5.91 Å². The maximum absolute atomic E-state index is 12.8. The standard InChI is InChI=1S/C23H25N3O4S/c1-17-6-5-7-20(14-17)30-19-10-8-18(9-11-19)24-23(27)22-15-21(16-25(22)2)31(28,29)26-12-3-4-13-26/h5-11,14-16H,3-4,12-13H2,1-2H3,(H,24,27). The van der Waals surface area contributed by atoms with Gasteiger partial charge in [0.1, 0.15) is 22.1 Å². The Bertz CT molecular complexity index is 1190. The van der Waals surface area contributed by atoms with E-state index in [2.05, 4.69) is 5.32 Å². The number of amides is 1. The van der Waals surface area contributed by atoms with Crippen molar-refractivity contribution in [1.29, 1.82) is 0 Å². The van der Waals surface area contributed by atoms with E-state index in [-0.39, 0.29) is 16.5 Å². The molecule has 0 unspecified atom stereocenters. The Morgan fingerprint density at radius 1 is 1.00 bits per heavy atom. The molecule has 0 saturated carbocycles. The molecule has 0 radical (unpaired) electrons. The molecule has 31 heavy (non-hydrogen) atoms. The summed E-state index contributed by atoms with van der Waals surface area (Å²) < 4.78 is 34.3. The topological polar surface area (TPSA) is 80.6 Å². The van der Waals surface area contributed by atoms with E-state index in [1.54, 1.807) is 31.3 Å². The van der Waals surface area contributed by atoms with Crippen LogP contribution in [0.15, 0.2) is 65.7 Å². The third-order valence-corrected chi connectivity index (χ3v) is 7.12. The van der Waals surface area contributed by atoms with Crippen LogP contribution >= 0.6 is 0 Å². The van der Waals surface area contributed by atoms with Crippen molar-refractivity contribution in [1.82, 2.24) is 8.87 Å². The number of nitrogens with one attached hydrogen (secondary N) is 1. The summed E-state index contributed by atoms with van der Waals surface area (Å²) in [5.41, 5.74) is 1.97. The highest BCUT2D eigenvalue weighted by molar-refractivity contribution is 7.89. The summed E-state index contributed by atoms with van der Waals surface area (Å²) >= 11 is 0. The average molecular weight is 440 g/mol. The molecule has 2 heterocycles. The van der Waals surface area contributed by atoms with Crippen molar-refractivity contribution in [2.24, 2.45) is 7.05 Å². The predicted molar refractivity (Wildman–Crippen MR) is 119 cm³/mol. The number of aryl methyl sites for hydroxylation is 2. The first-order chi connectivity index (χ1) is 14.8. The number of carbonyl (C=O) groups excluding carboxylic acids is 1. The smallest absolute Gasteiger partial charge is 0.272 e. The van der Waals surface area contributed by atoms with Gasteiger partial charge in [-0.25, -0.2) is 8.42 Å². The van der Waals surface area contributed by atoms with E-state index >= 15 is 0 Å². The number of hydrogen-bond donors (Lipinski definition) is 1. The van der Waals surface area contributed by atoms with Crippen LogP contribution in [0, 0.1) is 6.92 Å². The van der Waals surface area contributed by atoms with E-state index in [9.17, 15) is 13.2 Å². The normalized spacial score (nSPS) is 14.5. The quantitative estimate of drug-likeness (QED) is 0.625. The summed E-state index contributed by atoms with van der Waals surface area (Å²) in [5, 5.41) is 2.81. The van der Waals surface area contributed by atoms with Crippen LogP contribution in [0.4, 0.5) is 5.69 Å². The first kappa shape index (κ1) is 21.1. The van der Waals surface area contributed by atoms with Crippen molar-refractivity contribution in [2.75, 3.05) is 18.4 Å². The van der Waals surface area contributed by atoms with E-state index in [0.29, 0.717) is 24.5 Å². The molecule has 162 valence electrons. The summed E-state index contributed by atoms with van der Waals surface area (Å²) in [5.74, 6) is 1.02. The zero-order valence-corrected chi connectivity index (χ0v) is 18.4. The Kier molecular flexibility index (Phi) is 5.84. The minimum atomic E-state index is -3.57. The lowest BCUT2D eigenvalue weighted by molar-refractivity contribution is 0.101. The van der Waals surface area contributed by atoms with E-state index in [1.165, 1.54) is 21.1 Å². The number of rotatable bonds is 6. The fourth-order valence-electron chi connectivity index (χ4n) is 3.59. The zero-order chi connectivity index (χ0) is 22.0. The van der Waals surface area contributed by atoms with Gasteiger partial charge >= 0.3 is 0 Å². The minimum absolute atomic E-state index is 0.143. The number of benzene rings is 2. The molecule has 0 spiro atoms. The molecule has 2 aromatic carbocycles. The van der Waals surface area contributed by atoms with Crippen LogP contribution in [-0.4, -0.2) is 36.3 Å². The van der Waals surface area contributed by atoms with Crippen LogP contribution in [0.5, 0.6) is 11.5 Å². The molecule has 4 rings (SSSR count). The Balaban J connectivity index is 1.45. The molecule has 0 bridgehead atoms. The lowest BCUT2D eigenvalue weighted by Crippen LogP contribution is -2.27. The van der Waals surface area contributed by atoms with Crippen LogP contribution < -0.4 is 10.1 Å². The lowest BCUT2D eigenvalue weighted by atomic mass is 10.2. The summed E-state index contributed by atoms with van der Waals surface area (Å²) in [4.78, 5) is 12.9. The van der Waals surface area contributed by atoms with E-state index < -0.39 is 10.0 Å². The van der Waals surface area contributed by atoms with Crippen molar-refractivity contribution < 1.29 is 17.9 Å². The number of ether oxygens (including phenoxy) is 1. The van der Waals surface area contributed by atoms with Crippen molar-refractivity contribution in [2.45, 2.75) is 24.7 Å². The number of anilines is 1. The molecule has 8 heteroatoms. The molecule has 3 aromatic rings. The Morgan fingerprint density at radius 2 is 1.71 bits per heavy atom. The van der Waals surface area contributed by atoms with Crippen LogP contribution in [0.1, 0.15) is 28.9 Å². The first-order valence-electron chi connectivity index (χ1n) is 10.2. The van der Waals surface area contributed by atoms with Gasteiger partial charge < -0.3 is 14.6 Å². The van der Waals surface area contributed by atoms with Crippen LogP contribution in [0.3, 0.4) is 0 Å². The number of nitrogens with zero attached hydrogens (tertiary/aromatic N) is 2. The number of carbonyl (C=O) groups is 1. The first-order valence-corrected chi connectivity index (χ1v) is 11.6. The molecule has 1 N–H and O–H groups in total. The third-order valence-electron chi connectivity index (χ3n) is 5.25. The maximum atomic E-state index is 12.8. The highest BCUT2D eigenvalue weighted by atomic mass is 32.2. The summed E-state index contributed by atoms with van der Waals surface area (Å²) in [6.45, 7) is 3.04. The average Bonchev–Trinajstić information content (AvgIpc) is 3.40. The highest BCUT2D eigenvalue weighted by Crippen LogP contribution is 2.25. The van der Waals surface area contributed by atoms with E-state index in [4.69, 9.17) is 4.74 Å². The fourth-order valence-corrected chi connectivity index (χ4v) is 5.18. The molecule has 7 nitrogen and oxygen atoms in total. The van der Waals surface area contributed by atoms with Crippen molar-refractivity contribution in [3.05, 3.63) is 72.1 Å². The monoisotopic (exact) mass is 439 g/mol. The third kappa shape index (κ3) is 4.65. The molecule has 1 aliphatic heterocycles. The summed E-state index contributed by atoms with van der Waals surface area (Å²) in [6.07, 6.45) is 3.22. The van der Waals surface area contributed by atoms with Gasteiger partial charge in [-0.1, -0.05) is 12.1 Å². The SMILES string of the molecule is Cc1cccc(Oc2ccc(NC(=O)c3cc(S(=O)(=O)N4CCCC4)cn3C)cc2)c1. The lowest BCUT2D eigenvalue weighted by Gasteiger charge is -2.13. The predicted octanol–water partition coefficient (Wildman–Crippen LogP) is 4.16. The van der Waals surface area contributed by atoms with Gasteiger partial charge in [-0.3, -0.25) is 4.79 Å². The van der Waals surface area contributed by atoms with Crippen molar-refractivity contribution in [3.8, 4) is 11.5 Å². The Morgan fingerprint density at radius 3 is 2.39 bits per heavy atom. The second-order valence-electron chi connectivity index (χ2n) is 7.68. The van der Waals surface area contributed by atoms with Crippen molar-refractivity contribution in [3.63, 3.8) is 0 Å². The molecule has 0 atom stereocenters. The van der Waals surface area contributed by atoms with Gasteiger partial charge in [-0.2, -0.15) is 4.31 Å². The van der Waals surface area contributed by atoms with Gasteiger partial charge in [0.15, 0.2) is 0 Å². The fraction of sp³-hybridized carbons (Fsp3) is 0.261. The molecule has 1 amide bonds. The largest absolute Gasteiger partial charge is 0.457 e. The van der Waals surface area contributed by atoms with Gasteiger partial charge in [-0.15, -0.1) is 0 Å². The van der Waals surface area contributed by atoms with E-state index in [0.717, 1.165) is 24.2 Å². The Hall–Kier alpha value is -3.10. The van der Waals surface area contributed by atoms with Gasteiger partial charge in [0.05, 0.1) is 0 Å². The second kappa shape index (κ2) is 8.56. The van der Waals surface area contributed by atoms with Gasteiger partial charge in [-0.05, 0) is 67.8 Å². The molecule has 1 aliphatic rings. The number of sulfonamides is 1. The number of aromatic nitrogens is 1. The molecule has 1 fully saturated rings. The second-order valence-corrected chi connectivity index (χ2v) is 9.62. The minimum Gasteiger partial charge on any atom is -0.457 e. The summed E-state index contributed by atoms with van der Waals surface area (Å²) in [7, 11) is -1.91. The zero-order valence-electron chi connectivity index (χ0n) is 17.5. The van der Waals surface area contributed by atoms with Crippen LogP contribution in [0.25, 0.3) is 0 Å². The van der Waals surface area contributed by atoms with Crippen LogP contribution in [-0.2, 0) is 17.1 Å². The Labute approximate surface area is 182 Å². The molecule has 1 aromatic heterocycles. The summed E-state index contributed by atoms with van der Waals surface area (Å²) in [6, 6.07) is 16.2. The molecular formula is C23H25N3O4S. The molecule has 1 saturated heterocycles. The van der Waals surface area contributed by atoms with Crippen molar-refractivity contribution >= 4 is 21.6 Å². The molecule has 0 aliphatic carbocycles. The van der Waals surface area contributed by atoms with Crippen LogP contribution in [0.2, 0.25) is 0 Å². The highest BCUT2D eigenvalue weighted by Gasteiger charge is 2.29. The number of hydrogen-bond acceptors (Lipinski definition) is 4. The van der Waals surface area contributed by atoms with Gasteiger partial charge in [0, 0.05) is 32.0 Å². The van der Waals surface area contributed by atoms with E-state index in [1.807, 2.05) is 31.2 Å².